The zero-order valence-electron chi connectivity index (χ0n) is 74.5. The quantitative estimate of drug-likeness (QED) is 0.0235. The molecule has 17 unspecified atom stereocenters. The van der Waals surface area contributed by atoms with Gasteiger partial charge in [0, 0.05) is 37.4 Å². The van der Waals surface area contributed by atoms with Crippen molar-refractivity contribution in [3.8, 4) is 11.5 Å². The number of aliphatic hydroxyl groups is 1. The fraction of sp³-hybridized carbons (Fsp3) is 0.390. The third-order valence-electron chi connectivity index (χ3n) is 22.7. The number of imidazole rings is 5. The highest BCUT2D eigenvalue weighted by Gasteiger charge is 2.51. The summed E-state index contributed by atoms with van der Waals surface area (Å²) in [5, 5.41) is 11.0. The third kappa shape index (κ3) is 23.5. The molecule has 14 aromatic rings. The van der Waals surface area contributed by atoms with E-state index in [4.69, 9.17) is 107 Å². The molecule has 62 nitrogen and oxygen atoms in total. The van der Waals surface area contributed by atoms with E-state index in [1.54, 1.807) is 18.2 Å². The number of nitrogen functional groups attached to an aromatic ring is 5. The van der Waals surface area contributed by atoms with Gasteiger partial charge in [0.1, 0.15) is 93.1 Å². The van der Waals surface area contributed by atoms with Crippen LogP contribution in [0.1, 0.15) is 72.8 Å². The highest BCUT2D eigenvalue weighted by atomic mass is 31.2. The highest BCUT2D eigenvalue weighted by molar-refractivity contribution is 7.48. The van der Waals surface area contributed by atoms with Gasteiger partial charge in [0.25, 0.3) is 33.4 Å². The molecule has 4 aliphatic heterocycles. The number of nitrogens with zero attached hydrogens (tertiary/aromatic N) is 16. The largest absolute Gasteiger partial charge is 0.485 e. The number of phosphoric acid groups is 5. The lowest BCUT2D eigenvalue weighted by molar-refractivity contribution is -0.0711. The normalized spacial score (nSPS) is 22.9. The number of aromatic amines is 6. The number of H-pyrrole nitrogens is 6. The summed E-state index contributed by atoms with van der Waals surface area (Å²) >= 11 is 0. The van der Waals surface area contributed by atoms with Crippen LogP contribution in [0.5, 0.6) is 11.5 Å². The van der Waals surface area contributed by atoms with Crippen LogP contribution in [0.25, 0.3) is 55.8 Å². The molecule has 3 aromatic carbocycles. The second-order valence-electron chi connectivity index (χ2n) is 32.9. The van der Waals surface area contributed by atoms with Crippen molar-refractivity contribution in [1.82, 2.24) is 107 Å². The molecule has 67 heteroatoms. The number of nitrogens with two attached hydrogens (primary N) is 5. The van der Waals surface area contributed by atoms with Crippen LogP contribution < -0.4 is 77.2 Å². The lowest BCUT2D eigenvalue weighted by atomic mass is 10.2. The second-order valence-corrected chi connectivity index (χ2v) is 40.0. The average Bonchev–Trinajstić information content (AvgIpc) is 1.62. The van der Waals surface area contributed by atoms with Gasteiger partial charge in [-0.3, -0.25) is 122 Å². The minimum absolute atomic E-state index is 0.0791. The van der Waals surface area contributed by atoms with Crippen LogP contribution in [0, 0.1) is 6.92 Å². The van der Waals surface area contributed by atoms with Crippen molar-refractivity contribution >= 4 is 125 Å². The molecule has 15 heterocycles. The minimum Gasteiger partial charge on any atom is -0.485 e. The molecule has 19 atom stereocenters. The van der Waals surface area contributed by atoms with Crippen molar-refractivity contribution in [3.63, 3.8) is 0 Å². The van der Waals surface area contributed by atoms with E-state index in [-0.39, 0.29) is 106 Å². The number of aryl methyl sites for hydroxylation is 1. The van der Waals surface area contributed by atoms with E-state index in [9.17, 15) is 86.0 Å². The minimum atomic E-state index is -5.73. The Balaban J connectivity index is 0.572. The Morgan fingerprint density at radius 1 is 0.396 bits per heavy atom. The molecular weight excluding hydrogens is 2020 g/mol. The molecule has 4 saturated heterocycles. The van der Waals surface area contributed by atoms with Crippen molar-refractivity contribution in [2.75, 3.05) is 68.3 Å². The number of aliphatic hydroxyl groups excluding tert-OH is 1. The topological polar surface area (TPSA) is 866 Å². The first-order valence-electron chi connectivity index (χ1n) is 43.2. The molecule has 0 aliphatic carbocycles. The number of benzene rings is 3. The zero-order valence-corrected chi connectivity index (χ0v) is 78.9. The SMILES string of the molecule is Cc1cn(C2CC(OP(=O)(O)OCC3OC(n4cnc5c(=O)[nH]c(N)nc54)CC3OP(=O)(O)OCC3OC(n4cnc5c(=O)[nH]c(N)nc54)CC3OP(=O)(O)OCC3OC(n4cnc5c(=O)[nH]c(N)nc54)CC3OP(=O)(O)OC[C@H](Cn3cnc4c(=O)[nH]c(N)nc43)OP(=O)(O)OC[C@@H](O)Cn3cnc4c(=O)[nH]c(N)nc43)C(COCc3ccc(OCc4ccccc4)c(OCc4ccccc4)c3)O2)c(=O)[nH]c1=O. The molecule has 0 radical (unpaired) electrons. The number of phosphoric ester groups is 5. The summed E-state index contributed by atoms with van der Waals surface area (Å²) in [7, 11) is -28.1. The van der Waals surface area contributed by atoms with E-state index in [2.05, 4.69) is 79.7 Å². The van der Waals surface area contributed by atoms with Crippen molar-refractivity contribution in [1.29, 1.82) is 0 Å². The Morgan fingerprint density at radius 2 is 0.750 bits per heavy atom. The zero-order chi connectivity index (χ0) is 102. The van der Waals surface area contributed by atoms with Gasteiger partial charge in [-0.1, -0.05) is 66.7 Å². The summed E-state index contributed by atoms with van der Waals surface area (Å²) in [4.78, 5) is 204. The van der Waals surface area contributed by atoms with Gasteiger partial charge in [-0.2, -0.15) is 24.9 Å². The molecule has 4 fully saturated rings. The van der Waals surface area contributed by atoms with Crippen LogP contribution in [-0.2, 0) is 125 Å². The molecular formula is C77H88N27O35P5. The molecule has 4 aliphatic rings. The van der Waals surface area contributed by atoms with Gasteiger partial charge in [-0.25, -0.2) is 52.5 Å². The first-order valence-corrected chi connectivity index (χ1v) is 50.6. The Bertz CT molecular complexity index is 7850. The summed E-state index contributed by atoms with van der Waals surface area (Å²) in [5.41, 5.74) is 23.9. The maximum absolute atomic E-state index is 14.8. The highest BCUT2D eigenvalue weighted by Crippen LogP contribution is 2.56. The van der Waals surface area contributed by atoms with Crippen molar-refractivity contribution in [2.45, 2.75) is 151 Å². The van der Waals surface area contributed by atoms with E-state index < -0.39 is 247 Å². The molecule has 0 bridgehead atoms. The second kappa shape index (κ2) is 41.6. The standard InChI is InChI=1S/C77H88N27O35P5/c1-36-19-101(77(112)98-66(36)106)52-15-44(48(131-52)27-123-22-39-12-13-42(124-23-37-8-4-2-5-9-37)43(14-39)125-24-38-10-6-3-7-11-38)136-142(117,118)128-29-50-46(17-54(133-50)103-34-86-59-64(103)91-75(81)96-70(59)110)138-144(121,122)130-30-51-47(18-55(134-51)104-35-87-60-65(104)92-76(82)97-71(60)111)139-143(119,120)129-28-49-45(16-53(132-49)102-33-85-58-63(102)90-74(80)95-69(58)109)137-141(115,116)127-26-41(21-100-32-84-57-62(100)89-73(79)94-68(57)108)135-140(113,114)126-25-40(105)20-99-31-83-56-61(99)88-72(78)93-67(56)107/h2-14,19,31-35,40-41,44-55,105H,15-18,20-30H2,1H3,(H,113,114)(H,115,116)(H,117,118)(H,119,120)(H,121,122)(H,98,106,112)(H3,78,88,93,107)(H3,79,89,94,108)(H3,80,90,95,109)(H3,81,91,96,110)(H3,82,92,97,111)/t40-,41-,44?,45?,46?,47?,48?,49?,50?,51?,52?,53?,54?,55?/m0/s1. The number of ether oxygens (including phenoxy) is 7. The lowest BCUT2D eigenvalue weighted by Gasteiger charge is -2.26. The number of anilines is 5. The van der Waals surface area contributed by atoms with Crippen LogP contribution in [0.15, 0.2) is 150 Å². The van der Waals surface area contributed by atoms with E-state index >= 15 is 0 Å². The molecule has 0 spiro atoms. The Hall–Kier alpha value is -13.0. The number of rotatable bonds is 43. The van der Waals surface area contributed by atoms with Crippen LogP contribution in [0.3, 0.4) is 0 Å². The molecule has 0 saturated carbocycles. The summed E-state index contributed by atoms with van der Waals surface area (Å²) < 4.78 is 179. The van der Waals surface area contributed by atoms with E-state index in [0.717, 1.165) is 61.0 Å². The van der Waals surface area contributed by atoms with Crippen LogP contribution in [-0.4, -0.2) is 237 Å². The first kappa shape index (κ1) is 101. The third-order valence-corrected chi connectivity index (χ3v) is 27.8. The summed E-state index contributed by atoms with van der Waals surface area (Å²) in [6.07, 6.45) is -18.4. The summed E-state index contributed by atoms with van der Waals surface area (Å²) in [6, 6.07) is 23.9. The Kier molecular flexibility index (Phi) is 29.2. The number of hydrogen-bond donors (Lipinski definition) is 17. The number of hydrogen-bond acceptors (Lipinski definition) is 45. The first-order chi connectivity index (χ1) is 68.6. The van der Waals surface area contributed by atoms with E-state index in [1.807, 2.05) is 60.7 Å². The van der Waals surface area contributed by atoms with Gasteiger partial charge < -0.3 is 101 Å². The number of nitrogens with one attached hydrogen (secondary N) is 6. The molecule has 11 aromatic heterocycles. The van der Waals surface area contributed by atoms with Crippen molar-refractivity contribution in [3.05, 3.63) is 212 Å². The monoisotopic (exact) mass is 2110 g/mol. The fourth-order valence-corrected chi connectivity index (χ4v) is 20.9. The maximum Gasteiger partial charge on any atom is 0.472 e. The fourth-order valence-electron chi connectivity index (χ4n) is 16.1. The molecule has 0 amide bonds. The summed E-state index contributed by atoms with van der Waals surface area (Å²) in [5.74, 6) is -1.15. The van der Waals surface area contributed by atoms with Crippen LogP contribution in [0.2, 0.25) is 0 Å². The van der Waals surface area contributed by atoms with Crippen molar-refractivity contribution in [2.24, 2.45) is 0 Å². The Labute approximate surface area is 802 Å². The van der Waals surface area contributed by atoms with Gasteiger partial charge in [-0.15, -0.1) is 0 Å². The average molecular weight is 2110 g/mol. The van der Waals surface area contributed by atoms with Gasteiger partial charge in [0.15, 0.2) is 67.3 Å². The van der Waals surface area contributed by atoms with Gasteiger partial charge in [-0.05, 0) is 35.7 Å². The number of fused-ring (bicyclic) bond motifs is 5. The van der Waals surface area contributed by atoms with Gasteiger partial charge >= 0.3 is 44.8 Å². The summed E-state index contributed by atoms with van der Waals surface area (Å²) in [6.45, 7) is -5.49. The van der Waals surface area contributed by atoms with E-state index in [1.165, 1.54) is 22.3 Å². The Morgan fingerprint density at radius 3 is 1.17 bits per heavy atom. The smallest absolute Gasteiger partial charge is 0.472 e. The molecule has 22 N–H and O–H groups in total. The maximum atomic E-state index is 14.8. The predicted octanol–water partition coefficient (Wildman–Crippen LogP) is 0.819. The lowest BCUT2D eigenvalue weighted by Crippen LogP contribution is -2.33. The van der Waals surface area contributed by atoms with Crippen LogP contribution >= 0.6 is 39.1 Å². The van der Waals surface area contributed by atoms with Gasteiger partial charge in [0.05, 0.1) is 97.1 Å². The molecule has 766 valence electrons. The van der Waals surface area contributed by atoms with Crippen LogP contribution in [0.4, 0.5) is 29.7 Å². The van der Waals surface area contributed by atoms with Gasteiger partial charge in [0.2, 0.25) is 29.7 Å². The number of aromatic nitrogens is 22. The predicted molar refractivity (Wildman–Crippen MR) is 490 cm³/mol. The van der Waals surface area contributed by atoms with E-state index in [0.29, 0.717) is 17.1 Å². The molecule has 144 heavy (non-hydrogen) atoms. The van der Waals surface area contributed by atoms with Crippen molar-refractivity contribution < 1.29 is 131 Å². The molecule has 18 rings (SSSR count).